The number of nitrogens with one attached hydrogen (secondary N) is 1. The number of allylic oxidation sites excluding steroid dienone is 1. The Bertz CT molecular complexity index is 1410. The number of benzene rings is 2. The SMILES string of the molecule is CCC1(c2cccc(NS(C)(=O)=O)c2)C2CN(CC[N+]3(c4ccccc4)C(=O)C(C(=O)O)=C(C)N3C)CC21. The van der Waals surface area contributed by atoms with Crippen molar-refractivity contribution in [2.24, 2.45) is 11.8 Å². The molecule has 1 amide bonds. The van der Waals surface area contributed by atoms with E-state index in [4.69, 9.17) is 0 Å². The molecule has 202 valence electrons. The molecule has 9 nitrogen and oxygen atoms in total. The molecule has 2 aliphatic heterocycles. The third-order valence-corrected chi connectivity index (χ3v) is 9.55. The summed E-state index contributed by atoms with van der Waals surface area (Å²) in [5.41, 5.74) is 2.82. The predicted molar refractivity (Wildman–Crippen MR) is 147 cm³/mol. The number of para-hydroxylation sites is 1. The monoisotopic (exact) mass is 539 g/mol. The molecule has 2 fully saturated rings. The van der Waals surface area contributed by atoms with Crippen molar-refractivity contribution in [1.29, 1.82) is 0 Å². The first-order valence-electron chi connectivity index (χ1n) is 12.9. The lowest BCUT2D eigenvalue weighted by atomic mass is 9.87. The molecule has 0 spiro atoms. The topological polar surface area (TPSA) is 107 Å². The fraction of sp³-hybridized carbons (Fsp3) is 0.429. The van der Waals surface area contributed by atoms with Gasteiger partial charge in [0, 0.05) is 36.3 Å². The van der Waals surface area contributed by atoms with E-state index in [1.54, 1.807) is 25.0 Å². The van der Waals surface area contributed by atoms with Crippen molar-refractivity contribution in [2.45, 2.75) is 25.7 Å². The third-order valence-electron chi connectivity index (χ3n) is 8.94. The lowest BCUT2D eigenvalue weighted by Crippen LogP contribution is -2.62. The minimum atomic E-state index is -3.35. The zero-order chi connectivity index (χ0) is 27.5. The van der Waals surface area contributed by atoms with Gasteiger partial charge in [0.2, 0.25) is 10.0 Å². The number of anilines is 1. The number of fused-ring (bicyclic) bond motifs is 1. The summed E-state index contributed by atoms with van der Waals surface area (Å²) in [5, 5.41) is 11.6. The Hall–Kier alpha value is -3.21. The molecule has 5 rings (SSSR count). The Labute approximate surface area is 224 Å². The lowest BCUT2D eigenvalue weighted by molar-refractivity contribution is -0.139. The highest BCUT2D eigenvalue weighted by atomic mass is 32.2. The number of rotatable bonds is 9. The summed E-state index contributed by atoms with van der Waals surface area (Å²) in [6.45, 7) is 6.72. The molecule has 2 aromatic carbocycles. The summed E-state index contributed by atoms with van der Waals surface area (Å²) in [5.74, 6) is -0.704. The summed E-state index contributed by atoms with van der Waals surface area (Å²) in [6, 6.07) is 17.1. The van der Waals surface area contributed by atoms with Crippen LogP contribution in [0.25, 0.3) is 0 Å². The van der Waals surface area contributed by atoms with Gasteiger partial charge in [-0.15, -0.1) is 4.59 Å². The maximum absolute atomic E-state index is 13.7. The highest BCUT2D eigenvalue weighted by Gasteiger charge is 2.67. The molecule has 0 radical (unpaired) electrons. The van der Waals surface area contributed by atoms with Crippen LogP contribution in [0, 0.1) is 11.8 Å². The molecular weight excluding hydrogens is 504 g/mol. The number of amides is 1. The Morgan fingerprint density at radius 3 is 2.34 bits per heavy atom. The van der Waals surface area contributed by atoms with Gasteiger partial charge in [0.25, 0.3) is 0 Å². The van der Waals surface area contributed by atoms with Crippen molar-refractivity contribution < 1.29 is 23.1 Å². The lowest BCUT2D eigenvalue weighted by Gasteiger charge is -2.39. The Morgan fingerprint density at radius 1 is 1.13 bits per heavy atom. The van der Waals surface area contributed by atoms with Crippen LogP contribution < -0.4 is 9.31 Å². The van der Waals surface area contributed by atoms with E-state index >= 15 is 0 Å². The van der Waals surface area contributed by atoms with Gasteiger partial charge in [0.05, 0.1) is 25.5 Å². The third kappa shape index (κ3) is 4.02. The number of sulfonamides is 1. The average Bonchev–Trinajstić information content (AvgIpc) is 3.14. The van der Waals surface area contributed by atoms with E-state index in [0.717, 1.165) is 37.0 Å². The van der Waals surface area contributed by atoms with Crippen LogP contribution >= 0.6 is 0 Å². The fourth-order valence-corrected chi connectivity index (χ4v) is 7.57. The van der Waals surface area contributed by atoms with Crippen LogP contribution in [0.2, 0.25) is 0 Å². The number of carboxylic acid groups (broad SMARTS) is 1. The standard InChI is InChI=1S/C28H34N4O5S/c1-5-28(20-10-9-11-21(16-20)29-38(4,36)37)23-17-31(18-24(23)28)14-15-32(22-12-7-6-8-13-22)26(33)25(27(34)35)19(2)30(32)3/h6-13,16,23-24,29H,5,14-15,17-18H2,1-4H3/p+1. The zero-order valence-corrected chi connectivity index (χ0v) is 23.0. The van der Waals surface area contributed by atoms with Gasteiger partial charge in [-0.1, -0.05) is 37.3 Å². The number of carboxylic acids is 1. The van der Waals surface area contributed by atoms with Crippen LogP contribution in [0.4, 0.5) is 11.4 Å². The molecule has 0 aromatic heterocycles. The van der Waals surface area contributed by atoms with Gasteiger partial charge in [-0.3, -0.25) is 9.62 Å². The van der Waals surface area contributed by atoms with E-state index in [1.165, 1.54) is 0 Å². The second-order valence-electron chi connectivity index (χ2n) is 10.7. The van der Waals surface area contributed by atoms with Gasteiger partial charge in [0.15, 0.2) is 11.3 Å². The summed E-state index contributed by atoms with van der Waals surface area (Å²) < 4.78 is 25.9. The number of aliphatic carboxylic acids is 1. The number of nitrogens with zero attached hydrogens (tertiary/aromatic N) is 3. The molecular formula is C28H35N4O5S+. The largest absolute Gasteiger partial charge is 0.477 e. The molecule has 1 saturated carbocycles. The van der Waals surface area contributed by atoms with Crippen LogP contribution in [0.3, 0.4) is 0 Å². The molecule has 2 heterocycles. The normalized spacial score (nSPS) is 29.1. The van der Waals surface area contributed by atoms with E-state index in [1.807, 2.05) is 42.5 Å². The van der Waals surface area contributed by atoms with E-state index in [9.17, 15) is 23.1 Å². The predicted octanol–water partition coefficient (Wildman–Crippen LogP) is 3.02. The first-order chi connectivity index (χ1) is 18.0. The fourth-order valence-electron chi connectivity index (χ4n) is 7.01. The molecule has 10 heteroatoms. The van der Waals surface area contributed by atoms with Gasteiger partial charge < -0.3 is 5.11 Å². The summed E-state index contributed by atoms with van der Waals surface area (Å²) >= 11 is 0. The average molecular weight is 540 g/mol. The molecule has 1 aliphatic carbocycles. The first-order valence-corrected chi connectivity index (χ1v) is 14.8. The van der Waals surface area contributed by atoms with Gasteiger partial charge in [-0.2, -0.15) is 0 Å². The molecule has 2 aromatic rings. The van der Waals surface area contributed by atoms with Crippen LogP contribution in [-0.2, 0) is 25.0 Å². The summed E-state index contributed by atoms with van der Waals surface area (Å²) in [7, 11) is -1.56. The Kier molecular flexibility index (Phi) is 6.40. The number of hydrogen-bond donors (Lipinski definition) is 2. The van der Waals surface area contributed by atoms with Crippen molar-refractivity contribution in [1.82, 2.24) is 14.5 Å². The van der Waals surface area contributed by atoms with Crippen molar-refractivity contribution in [3.63, 3.8) is 0 Å². The number of likely N-dealkylation sites (tertiary alicyclic amines) is 1. The van der Waals surface area contributed by atoms with Crippen LogP contribution in [0.5, 0.6) is 0 Å². The molecule has 1 saturated heterocycles. The van der Waals surface area contributed by atoms with E-state index < -0.39 is 21.9 Å². The van der Waals surface area contributed by atoms with Crippen LogP contribution in [-0.4, -0.2) is 74.8 Å². The Balaban J connectivity index is 1.34. The van der Waals surface area contributed by atoms with E-state index in [-0.39, 0.29) is 15.6 Å². The van der Waals surface area contributed by atoms with Crippen LogP contribution in [0.15, 0.2) is 65.9 Å². The smallest absolute Gasteiger partial charge is 0.384 e. The number of hydrogen-bond acceptors (Lipinski definition) is 6. The molecule has 3 unspecified atom stereocenters. The van der Waals surface area contributed by atoms with Crippen molar-refractivity contribution in [2.75, 3.05) is 44.2 Å². The zero-order valence-electron chi connectivity index (χ0n) is 22.2. The molecule has 3 atom stereocenters. The van der Waals surface area contributed by atoms with Gasteiger partial charge >= 0.3 is 11.9 Å². The van der Waals surface area contributed by atoms with Gasteiger partial charge in [-0.05, 0) is 42.9 Å². The Morgan fingerprint density at radius 2 is 1.79 bits per heavy atom. The maximum atomic E-state index is 13.7. The number of carbonyl (C=O) groups excluding carboxylic acids is 1. The number of piperidine rings is 1. The quantitative estimate of drug-likeness (QED) is 0.373. The van der Waals surface area contributed by atoms with E-state index in [2.05, 4.69) is 22.6 Å². The van der Waals surface area contributed by atoms with Crippen molar-refractivity contribution >= 4 is 33.3 Å². The van der Waals surface area contributed by atoms with Crippen molar-refractivity contribution in [3.05, 3.63) is 71.4 Å². The minimum absolute atomic E-state index is 0.0201. The molecule has 0 bridgehead atoms. The highest BCUT2D eigenvalue weighted by molar-refractivity contribution is 7.92. The second kappa shape index (κ2) is 9.21. The molecule has 2 N–H and O–H groups in total. The highest BCUT2D eigenvalue weighted by Crippen LogP contribution is 2.65. The van der Waals surface area contributed by atoms with Crippen LogP contribution in [0.1, 0.15) is 25.8 Å². The first kappa shape index (κ1) is 26.4. The summed E-state index contributed by atoms with van der Waals surface area (Å²) in [4.78, 5) is 28.0. The number of carbonyl (C=O) groups is 2. The number of quaternary nitrogens is 1. The second-order valence-corrected chi connectivity index (χ2v) is 12.5. The molecule has 3 aliphatic rings. The maximum Gasteiger partial charge on any atom is 0.384 e. The van der Waals surface area contributed by atoms with Crippen molar-refractivity contribution in [3.8, 4) is 0 Å². The minimum Gasteiger partial charge on any atom is -0.477 e. The van der Waals surface area contributed by atoms with Gasteiger partial charge in [-0.25, -0.2) is 23.0 Å². The summed E-state index contributed by atoms with van der Waals surface area (Å²) in [6.07, 6.45) is 2.12. The van der Waals surface area contributed by atoms with Gasteiger partial charge in [0.1, 0.15) is 6.54 Å². The van der Waals surface area contributed by atoms with E-state index in [0.29, 0.717) is 36.3 Å². The molecule has 38 heavy (non-hydrogen) atoms.